The molecule has 154 valence electrons. The molecule has 1 amide bonds. The summed E-state index contributed by atoms with van der Waals surface area (Å²) in [4.78, 5) is 28.3. The molecule has 1 atom stereocenters. The van der Waals surface area contributed by atoms with Crippen molar-refractivity contribution >= 4 is 29.3 Å². The summed E-state index contributed by atoms with van der Waals surface area (Å²) in [6.07, 6.45) is 2.45. The Morgan fingerprint density at radius 3 is 2.71 bits per heavy atom. The van der Waals surface area contributed by atoms with Crippen molar-refractivity contribution in [1.82, 2.24) is 30.0 Å². The number of aromatic nitrogens is 4. The van der Waals surface area contributed by atoms with E-state index >= 15 is 0 Å². The Morgan fingerprint density at radius 1 is 1.43 bits per heavy atom. The third-order valence-electron chi connectivity index (χ3n) is 3.97. The highest BCUT2D eigenvalue weighted by Crippen LogP contribution is 2.22. The normalized spacial score (nSPS) is 16.6. The summed E-state index contributed by atoms with van der Waals surface area (Å²) in [6, 6.07) is -0.441. The number of aryl methyl sites for hydroxylation is 1. The largest absolute Gasteiger partial charge is 0.444 e. The van der Waals surface area contributed by atoms with Crippen LogP contribution in [0.4, 0.5) is 4.79 Å². The van der Waals surface area contributed by atoms with Crippen molar-refractivity contribution in [2.24, 2.45) is 7.05 Å². The van der Waals surface area contributed by atoms with Crippen LogP contribution in [0.25, 0.3) is 0 Å². The van der Waals surface area contributed by atoms with Crippen LogP contribution in [0.5, 0.6) is 6.01 Å². The maximum Gasteiger partial charge on any atom is 0.410 e. The number of ketones is 1. The molecule has 2 rings (SSSR count). The molecule has 11 heteroatoms. The summed E-state index contributed by atoms with van der Waals surface area (Å²) >= 11 is 5.28. The lowest BCUT2D eigenvalue weighted by Gasteiger charge is -2.29. The quantitative estimate of drug-likeness (QED) is 0.507. The standard InChI is InChI=1S/C17H26N6O4S/c1-6-9-22(16(28)26-14-18-19-20-21(14)5)11-13(24)12-8-7-10-23(12)15(25)27-17(2,3)4/h6,12H,1,7-11H2,2-5H3/t12-/m0/s1. The molecule has 2 heterocycles. The highest BCUT2D eigenvalue weighted by Gasteiger charge is 2.37. The van der Waals surface area contributed by atoms with Crippen molar-refractivity contribution in [2.45, 2.75) is 45.3 Å². The van der Waals surface area contributed by atoms with E-state index in [2.05, 4.69) is 22.1 Å². The number of rotatable bonds is 6. The van der Waals surface area contributed by atoms with Crippen LogP contribution >= 0.6 is 12.2 Å². The molecular formula is C17H26N6O4S. The first-order chi connectivity index (χ1) is 13.1. The average Bonchev–Trinajstić information content (AvgIpc) is 3.22. The second kappa shape index (κ2) is 9.09. The molecule has 1 aromatic rings. The number of Topliss-reactive ketones (excluding diaryl/α,β-unsaturated/α-hetero) is 1. The average molecular weight is 411 g/mol. The zero-order valence-corrected chi connectivity index (χ0v) is 17.4. The fraction of sp³-hybridized carbons (Fsp3) is 0.647. The van der Waals surface area contributed by atoms with Crippen LogP contribution in [0.2, 0.25) is 0 Å². The summed E-state index contributed by atoms with van der Waals surface area (Å²) in [7, 11) is 1.61. The predicted molar refractivity (Wildman–Crippen MR) is 105 cm³/mol. The minimum Gasteiger partial charge on any atom is -0.444 e. The summed E-state index contributed by atoms with van der Waals surface area (Å²) in [5.41, 5.74) is -0.623. The van der Waals surface area contributed by atoms with Crippen LogP contribution in [-0.4, -0.2) is 78.3 Å². The molecular weight excluding hydrogens is 384 g/mol. The fourth-order valence-corrected chi connectivity index (χ4v) is 2.96. The van der Waals surface area contributed by atoms with Crippen molar-refractivity contribution in [2.75, 3.05) is 19.6 Å². The van der Waals surface area contributed by atoms with Gasteiger partial charge in [-0.25, -0.2) is 4.79 Å². The van der Waals surface area contributed by atoms with E-state index in [9.17, 15) is 9.59 Å². The van der Waals surface area contributed by atoms with Gasteiger partial charge in [0.25, 0.3) is 5.17 Å². The van der Waals surface area contributed by atoms with E-state index in [-0.39, 0.29) is 23.5 Å². The number of hydrogen-bond acceptors (Lipinski definition) is 8. The molecule has 28 heavy (non-hydrogen) atoms. The van der Waals surface area contributed by atoms with Crippen LogP contribution in [0.3, 0.4) is 0 Å². The summed E-state index contributed by atoms with van der Waals surface area (Å²) < 4.78 is 12.2. The number of carbonyl (C=O) groups is 2. The summed E-state index contributed by atoms with van der Waals surface area (Å²) in [5, 5.41) is 10.9. The Labute approximate surface area is 169 Å². The summed E-state index contributed by atoms with van der Waals surface area (Å²) in [6.45, 7) is 9.82. The lowest BCUT2D eigenvalue weighted by atomic mass is 10.1. The van der Waals surface area contributed by atoms with Crippen LogP contribution in [0.15, 0.2) is 12.7 Å². The van der Waals surface area contributed by atoms with Crippen molar-refractivity contribution in [3.63, 3.8) is 0 Å². The van der Waals surface area contributed by atoms with Gasteiger partial charge in [-0.15, -0.1) is 6.58 Å². The van der Waals surface area contributed by atoms with Gasteiger partial charge in [-0.05, 0) is 56.3 Å². The molecule has 1 saturated heterocycles. The number of thiocarbonyl (C=S) groups is 1. The molecule has 0 aliphatic carbocycles. The topological polar surface area (TPSA) is 103 Å². The predicted octanol–water partition coefficient (Wildman–Crippen LogP) is 1.33. The Bertz CT molecular complexity index is 744. The van der Waals surface area contributed by atoms with Crippen molar-refractivity contribution in [1.29, 1.82) is 0 Å². The lowest BCUT2D eigenvalue weighted by molar-refractivity contribution is -0.123. The Hall–Kier alpha value is -2.56. The van der Waals surface area contributed by atoms with Gasteiger partial charge < -0.3 is 14.4 Å². The highest BCUT2D eigenvalue weighted by atomic mass is 32.1. The SMILES string of the molecule is C=CCN(CC(=O)[C@@H]1CCCN1C(=O)OC(C)(C)C)C(=S)Oc1nnnn1C. The molecule has 10 nitrogen and oxygen atoms in total. The maximum atomic E-state index is 12.9. The van der Waals surface area contributed by atoms with Crippen LogP contribution in [0.1, 0.15) is 33.6 Å². The first kappa shape index (κ1) is 21.7. The fourth-order valence-electron chi connectivity index (χ4n) is 2.74. The van der Waals surface area contributed by atoms with E-state index in [0.717, 1.165) is 6.42 Å². The summed E-state index contributed by atoms with van der Waals surface area (Å²) in [5.74, 6) is -0.146. The van der Waals surface area contributed by atoms with Gasteiger partial charge in [0, 0.05) is 20.1 Å². The zero-order valence-electron chi connectivity index (χ0n) is 16.6. The number of carbonyl (C=O) groups excluding carboxylic acids is 2. The van der Waals surface area contributed by atoms with Crippen LogP contribution in [0, 0.1) is 0 Å². The molecule has 0 N–H and O–H groups in total. The van der Waals surface area contributed by atoms with Gasteiger partial charge in [0.15, 0.2) is 5.78 Å². The van der Waals surface area contributed by atoms with Gasteiger partial charge >= 0.3 is 12.1 Å². The van der Waals surface area contributed by atoms with Gasteiger partial charge in [-0.3, -0.25) is 9.69 Å². The molecule has 1 aliphatic rings. The number of tetrazole rings is 1. The smallest absolute Gasteiger partial charge is 0.410 e. The lowest BCUT2D eigenvalue weighted by Crippen LogP contribution is -2.48. The van der Waals surface area contributed by atoms with Gasteiger partial charge in [0.2, 0.25) is 0 Å². The third kappa shape index (κ3) is 5.72. The number of amides is 1. The van der Waals surface area contributed by atoms with Gasteiger partial charge in [0.1, 0.15) is 5.60 Å². The van der Waals surface area contributed by atoms with E-state index in [0.29, 0.717) is 19.5 Å². The molecule has 1 aromatic heterocycles. The van der Waals surface area contributed by atoms with Crippen LogP contribution < -0.4 is 4.74 Å². The van der Waals surface area contributed by atoms with Gasteiger partial charge in [-0.1, -0.05) is 11.2 Å². The second-order valence-electron chi connectivity index (χ2n) is 7.42. The number of likely N-dealkylation sites (tertiary alicyclic amines) is 1. The number of nitrogens with zero attached hydrogens (tertiary/aromatic N) is 6. The van der Waals surface area contributed by atoms with Gasteiger partial charge in [-0.2, -0.15) is 4.68 Å². The van der Waals surface area contributed by atoms with Crippen LogP contribution in [-0.2, 0) is 16.6 Å². The number of hydrogen-bond donors (Lipinski definition) is 0. The van der Waals surface area contributed by atoms with Gasteiger partial charge in [0.05, 0.1) is 12.6 Å². The Morgan fingerprint density at radius 2 is 2.14 bits per heavy atom. The second-order valence-corrected chi connectivity index (χ2v) is 7.77. The minimum absolute atomic E-state index is 0.0277. The molecule has 0 unspecified atom stereocenters. The van der Waals surface area contributed by atoms with E-state index in [1.165, 1.54) is 9.58 Å². The first-order valence-corrected chi connectivity index (χ1v) is 9.35. The van der Waals surface area contributed by atoms with Crippen molar-refractivity contribution in [3.05, 3.63) is 12.7 Å². The Balaban J connectivity index is 2.04. The molecule has 0 spiro atoms. The van der Waals surface area contributed by atoms with E-state index in [1.54, 1.807) is 38.8 Å². The molecule has 0 aromatic carbocycles. The molecule has 0 saturated carbocycles. The molecule has 0 bridgehead atoms. The molecule has 1 fully saturated rings. The Kier molecular flexibility index (Phi) is 7.05. The number of ether oxygens (including phenoxy) is 2. The van der Waals surface area contributed by atoms with E-state index < -0.39 is 17.7 Å². The molecule has 1 aliphatic heterocycles. The van der Waals surface area contributed by atoms with E-state index in [1.807, 2.05) is 0 Å². The monoisotopic (exact) mass is 410 g/mol. The third-order valence-corrected chi connectivity index (χ3v) is 4.31. The van der Waals surface area contributed by atoms with Crippen molar-refractivity contribution in [3.8, 4) is 6.01 Å². The molecule has 0 radical (unpaired) electrons. The maximum absolute atomic E-state index is 12.9. The zero-order chi connectivity index (χ0) is 20.9. The van der Waals surface area contributed by atoms with E-state index in [4.69, 9.17) is 21.7 Å². The van der Waals surface area contributed by atoms with Crippen molar-refractivity contribution < 1.29 is 19.1 Å². The minimum atomic E-state index is -0.623. The highest BCUT2D eigenvalue weighted by molar-refractivity contribution is 7.80. The first-order valence-electron chi connectivity index (χ1n) is 8.94.